The van der Waals surface area contributed by atoms with E-state index < -0.39 is 0 Å². The van der Waals surface area contributed by atoms with Crippen LogP contribution in [0.25, 0.3) is 10.9 Å². The molecule has 3 nitrogen and oxygen atoms in total. The van der Waals surface area contributed by atoms with Gasteiger partial charge in [-0.25, -0.2) is 0 Å². The summed E-state index contributed by atoms with van der Waals surface area (Å²) >= 11 is 5.91. The van der Waals surface area contributed by atoms with Crippen molar-refractivity contribution >= 4 is 22.5 Å². The standard InChI is InChI=1S/C12H12ClNO2/c1-8-6-12(16-5-4-15)10-3-2-9(13)7-11(10)14-8/h2-3,6-7,15H,4-5H2,1H3. The summed E-state index contributed by atoms with van der Waals surface area (Å²) in [6.07, 6.45) is 0. The summed E-state index contributed by atoms with van der Waals surface area (Å²) < 4.78 is 5.46. The third-order valence-electron chi connectivity index (χ3n) is 2.21. The van der Waals surface area contributed by atoms with Crippen LogP contribution >= 0.6 is 11.6 Å². The Balaban J connectivity index is 2.54. The van der Waals surface area contributed by atoms with Crippen LogP contribution in [0.2, 0.25) is 5.02 Å². The molecule has 0 saturated heterocycles. The molecule has 0 aliphatic rings. The summed E-state index contributed by atoms with van der Waals surface area (Å²) in [6.45, 7) is 2.17. The number of aromatic nitrogens is 1. The normalized spacial score (nSPS) is 10.7. The van der Waals surface area contributed by atoms with Crippen LogP contribution in [0.3, 0.4) is 0 Å². The van der Waals surface area contributed by atoms with Crippen molar-refractivity contribution in [2.24, 2.45) is 0 Å². The maximum absolute atomic E-state index is 8.75. The third kappa shape index (κ3) is 2.26. The van der Waals surface area contributed by atoms with Gasteiger partial charge in [0.25, 0.3) is 0 Å². The first-order chi connectivity index (χ1) is 7.70. The number of ether oxygens (including phenoxy) is 1. The van der Waals surface area contributed by atoms with E-state index in [1.807, 2.05) is 19.1 Å². The van der Waals surface area contributed by atoms with E-state index in [0.717, 1.165) is 22.3 Å². The highest BCUT2D eigenvalue weighted by Gasteiger charge is 2.05. The van der Waals surface area contributed by atoms with Gasteiger partial charge in [-0.15, -0.1) is 0 Å². The first kappa shape index (κ1) is 11.2. The molecule has 0 aliphatic heterocycles. The summed E-state index contributed by atoms with van der Waals surface area (Å²) in [5.41, 5.74) is 1.67. The number of aliphatic hydroxyl groups excluding tert-OH is 1. The molecule has 0 unspecified atom stereocenters. The Morgan fingerprint density at radius 2 is 2.19 bits per heavy atom. The molecule has 0 bridgehead atoms. The zero-order valence-corrected chi connectivity index (χ0v) is 9.66. The Morgan fingerprint density at radius 1 is 1.38 bits per heavy atom. The lowest BCUT2D eigenvalue weighted by Crippen LogP contribution is -2.02. The van der Waals surface area contributed by atoms with Crippen LogP contribution in [-0.2, 0) is 0 Å². The van der Waals surface area contributed by atoms with Crippen LogP contribution in [0.15, 0.2) is 24.3 Å². The van der Waals surface area contributed by atoms with E-state index in [-0.39, 0.29) is 13.2 Å². The Bertz CT molecular complexity index is 508. The molecule has 16 heavy (non-hydrogen) atoms. The summed E-state index contributed by atoms with van der Waals surface area (Å²) in [5, 5.41) is 10.3. The minimum atomic E-state index is -0.00352. The van der Waals surface area contributed by atoms with E-state index in [2.05, 4.69) is 4.98 Å². The highest BCUT2D eigenvalue weighted by Crippen LogP contribution is 2.27. The Hall–Kier alpha value is -1.32. The monoisotopic (exact) mass is 237 g/mol. The fourth-order valence-corrected chi connectivity index (χ4v) is 1.74. The zero-order valence-electron chi connectivity index (χ0n) is 8.90. The van der Waals surface area contributed by atoms with E-state index in [1.54, 1.807) is 12.1 Å². The molecule has 1 aromatic heterocycles. The van der Waals surface area contributed by atoms with Gasteiger partial charge in [0, 0.05) is 22.2 Å². The molecule has 0 aliphatic carbocycles. The topological polar surface area (TPSA) is 42.4 Å². The lowest BCUT2D eigenvalue weighted by atomic mass is 10.2. The van der Waals surface area contributed by atoms with E-state index in [9.17, 15) is 0 Å². The lowest BCUT2D eigenvalue weighted by Gasteiger charge is -2.09. The average molecular weight is 238 g/mol. The maximum Gasteiger partial charge on any atom is 0.130 e. The summed E-state index contributed by atoms with van der Waals surface area (Å²) in [7, 11) is 0. The molecule has 1 heterocycles. The van der Waals surface area contributed by atoms with Crippen LogP contribution in [0.5, 0.6) is 5.75 Å². The summed E-state index contributed by atoms with van der Waals surface area (Å²) in [5.74, 6) is 0.730. The molecule has 0 amide bonds. The largest absolute Gasteiger partial charge is 0.490 e. The molecule has 0 saturated carbocycles. The number of hydrogen-bond donors (Lipinski definition) is 1. The fraction of sp³-hybridized carbons (Fsp3) is 0.250. The van der Waals surface area contributed by atoms with Gasteiger partial charge in [0.15, 0.2) is 0 Å². The molecule has 84 valence electrons. The van der Waals surface area contributed by atoms with Crippen LogP contribution in [0, 0.1) is 6.92 Å². The van der Waals surface area contributed by atoms with Crippen molar-refractivity contribution in [3.05, 3.63) is 35.0 Å². The summed E-state index contributed by atoms with van der Waals surface area (Å²) in [4.78, 5) is 4.38. The van der Waals surface area contributed by atoms with Crippen molar-refractivity contribution in [3.63, 3.8) is 0 Å². The first-order valence-electron chi connectivity index (χ1n) is 5.01. The van der Waals surface area contributed by atoms with Crippen molar-refractivity contribution in [1.29, 1.82) is 0 Å². The number of benzene rings is 1. The Kier molecular flexibility index (Phi) is 3.27. The van der Waals surface area contributed by atoms with Gasteiger partial charge in [-0.05, 0) is 25.1 Å². The number of pyridine rings is 1. The molecule has 1 aromatic carbocycles. The van der Waals surface area contributed by atoms with Crippen molar-refractivity contribution in [3.8, 4) is 5.75 Å². The fourth-order valence-electron chi connectivity index (χ4n) is 1.57. The molecule has 2 aromatic rings. The highest BCUT2D eigenvalue weighted by molar-refractivity contribution is 6.31. The van der Waals surface area contributed by atoms with E-state index in [0.29, 0.717) is 5.02 Å². The Labute approximate surface area is 98.6 Å². The summed E-state index contributed by atoms with van der Waals surface area (Å²) in [6, 6.07) is 7.32. The van der Waals surface area contributed by atoms with Gasteiger partial charge >= 0.3 is 0 Å². The van der Waals surface area contributed by atoms with Gasteiger partial charge in [0.2, 0.25) is 0 Å². The predicted octanol–water partition coefficient (Wildman–Crippen LogP) is 2.57. The number of fused-ring (bicyclic) bond motifs is 1. The molecule has 1 N–H and O–H groups in total. The molecular formula is C12H12ClNO2. The zero-order chi connectivity index (χ0) is 11.5. The third-order valence-corrected chi connectivity index (χ3v) is 2.45. The lowest BCUT2D eigenvalue weighted by molar-refractivity contribution is 0.202. The van der Waals surface area contributed by atoms with E-state index in [4.69, 9.17) is 21.4 Å². The molecular weight excluding hydrogens is 226 g/mol. The van der Waals surface area contributed by atoms with Crippen molar-refractivity contribution in [1.82, 2.24) is 4.98 Å². The quantitative estimate of drug-likeness (QED) is 0.892. The van der Waals surface area contributed by atoms with Crippen molar-refractivity contribution in [2.75, 3.05) is 13.2 Å². The molecule has 0 fully saturated rings. The van der Waals surface area contributed by atoms with Gasteiger partial charge in [-0.2, -0.15) is 0 Å². The first-order valence-corrected chi connectivity index (χ1v) is 5.39. The van der Waals surface area contributed by atoms with Crippen molar-refractivity contribution in [2.45, 2.75) is 6.92 Å². The second-order valence-corrected chi connectivity index (χ2v) is 3.93. The minimum absolute atomic E-state index is 0.00352. The number of aliphatic hydroxyl groups is 1. The molecule has 2 rings (SSSR count). The maximum atomic E-state index is 8.75. The van der Waals surface area contributed by atoms with Crippen LogP contribution in [-0.4, -0.2) is 23.3 Å². The molecule has 0 atom stereocenters. The van der Waals surface area contributed by atoms with E-state index >= 15 is 0 Å². The number of rotatable bonds is 3. The van der Waals surface area contributed by atoms with Crippen molar-refractivity contribution < 1.29 is 9.84 Å². The molecule has 0 spiro atoms. The van der Waals surface area contributed by atoms with Crippen LogP contribution in [0.4, 0.5) is 0 Å². The minimum Gasteiger partial charge on any atom is -0.490 e. The highest BCUT2D eigenvalue weighted by atomic mass is 35.5. The molecule has 0 radical (unpaired) electrons. The number of aryl methyl sites for hydroxylation is 1. The number of halogens is 1. The second kappa shape index (κ2) is 4.68. The smallest absolute Gasteiger partial charge is 0.130 e. The number of nitrogens with zero attached hydrogens (tertiary/aromatic N) is 1. The van der Waals surface area contributed by atoms with Crippen LogP contribution < -0.4 is 4.74 Å². The molecule has 4 heteroatoms. The SMILES string of the molecule is Cc1cc(OCCO)c2ccc(Cl)cc2n1. The Morgan fingerprint density at radius 3 is 2.94 bits per heavy atom. The van der Waals surface area contributed by atoms with Crippen LogP contribution in [0.1, 0.15) is 5.69 Å². The predicted molar refractivity (Wildman–Crippen MR) is 64.1 cm³/mol. The number of hydrogen-bond acceptors (Lipinski definition) is 3. The van der Waals surface area contributed by atoms with Gasteiger partial charge < -0.3 is 9.84 Å². The second-order valence-electron chi connectivity index (χ2n) is 3.50. The van der Waals surface area contributed by atoms with Gasteiger partial charge in [0.05, 0.1) is 12.1 Å². The average Bonchev–Trinajstić information content (AvgIpc) is 2.25. The van der Waals surface area contributed by atoms with E-state index in [1.165, 1.54) is 0 Å². The van der Waals surface area contributed by atoms with Gasteiger partial charge in [-0.3, -0.25) is 4.98 Å². The van der Waals surface area contributed by atoms with Gasteiger partial charge in [0.1, 0.15) is 12.4 Å². The van der Waals surface area contributed by atoms with Gasteiger partial charge in [-0.1, -0.05) is 11.6 Å².